The molecule has 0 radical (unpaired) electrons. The fraction of sp³-hybridized carbons (Fsp3) is 0.920. The zero-order chi connectivity index (χ0) is 23.9. The SMILES string of the molecule is CCCCCCCCCCCCCCCCCC(=O)NC(=O)CCP(=O)(OCC)OCC. The van der Waals surface area contributed by atoms with Crippen molar-refractivity contribution >= 4 is 19.4 Å². The van der Waals surface area contributed by atoms with Gasteiger partial charge in [-0.15, -0.1) is 0 Å². The molecule has 0 aliphatic carbocycles. The molecule has 0 fully saturated rings. The van der Waals surface area contributed by atoms with Gasteiger partial charge in [0.2, 0.25) is 11.8 Å². The average Bonchev–Trinajstić information content (AvgIpc) is 2.75. The van der Waals surface area contributed by atoms with E-state index in [1.165, 1.54) is 77.0 Å². The number of hydrogen-bond donors (Lipinski definition) is 1. The van der Waals surface area contributed by atoms with Gasteiger partial charge < -0.3 is 9.05 Å². The molecule has 32 heavy (non-hydrogen) atoms. The number of unbranched alkanes of at least 4 members (excludes halogenated alkanes) is 14. The van der Waals surface area contributed by atoms with Crippen molar-refractivity contribution in [3.63, 3.8) is 0 Å². The van der Waals surface area contributed by atoms with E-state index in [0.717, 1.165) is 19.3 Å². The molecule has 2 amide bonds. The summed E-state index contributed by atoms with van der Waals surface area (Å²) in [5, 5.41) is 2.38. The Kier molecular flexibility index (Phi) is 21.6. The van der Waals surface area contributed by atoms with Gasteiger partial charge in [0.25, 0.3) is 0 Å². The quantitative estimate of drug-likeness (QED) is 0.122. The molecule has 0 aromatic carbocycles. The standard InChI is InChI=1S/C25H50NO5P/c1-4-7-8-9-10-11-12-13-14-15-16-17-18-19-20-21-24(27)26-25(28)22-23-32(29,30-5-2)31-6-3/h4-23H2,1-3H3,(H,26,27,28). The molecule has 0 saturated heterocycles. The number of hydrogen-bond acceptors (Lipinski definition) is 5. The minimum Gasteiger partial charge on any atom is -0.309 e. The van der Waals surface area contributed by atoms with Gasteiger partial charge in [0.05, 0.1) is 19.4 Å². The van der Waals surface area contributed by atoms with E-state index in [2.05, 4.69) is 12.2 Å². The van der Waals surface area contributed by atoms with Crippen LogP contribution in [-0.4, -0.2) is 31.2 Å². The molecule has 1 N–H and O–H groups in total. The van der Waals surface area contributed by atoms with Crippen LogP contribution in [0.15, 0.2) is 0 Å². The van der Waals surface area contributed by atoms with Crippen molar-refractivity contribution < 1.29 is 23.2 Å². The molecule has 0 rings (SSSR count). The van der Waals surface area contributed by atoms with Crippen LogP contribution in [0.1, 0.15) is 130 Å². The fourth-order valence-electron chi connectivity index (χ4n) is 3.74. The van der Waals surface area contributed by atoms with Crippen molar-refractivity contribution in [1.82, 2.24) is 5.32 Å². The summed E-state index contributed by atoms with van der Waals surface area (Å²) in [6.45, 7) is 6.24. The van der Waals surface area contributed by atoms with Gasteiger partial charge in [-0.2, -0.15) is 0 Å². The number of amides is 2. The van der Waals surface area contributed by atoms with Crippen LogP contribution in [0.2, 0.25) is 0 Å². The van der Waals surface area contributed by atoms with Crippen molar-refractivity contribution in [3.8, 4) is 0 Å². The molecular formula is C25H50NO5P. The van der Waals surface area contributed by atoms with Gasteiger partial charge in [0, 0.05) is 12.8 Å². The molecule has 0 aromatic rings. The molecule has 0 heterocycles. The largest absolute Gasteiger partial charge is 0.331 e. The Morgan fingerprint density at radius 3 is 1.38 bits per heavy atom. The Hall–Kier alpha value is -0.710. The van der Waals surface area contributed by atoms with Crippen molar-refractivity contribution in [2.24, 2.45) is 0 Å². The summed E-state index contributed by atoms with van der Waals surface area (Å²) in [4.78, 5) is 23.8. The third-order valence-electron chi connectivity index (χ3n) is 5.55. The highest BCUT2D eigenvalue weighted by molar-refractivity contribution is 7.53. The zero-order valence-electron chi connectivity index (χ0n) is 21.1. The lowest BCUT2D eigenvalue weighted by molar-refractivity contribution is -0.130. The van der Waals surface area contributed by atoms with Crippen molar-refractivity contribution in [2.45, 2.75) is 130 Å². The minimum atomic E-state index is -3.24. The van der Waals surface area contributed by atoms with Crippen LogP contribution < -0.4 is 5.32 Å². The summed E-state index contributed by atoms with van der Waals surface area (Å²) in [7, 11) is -3.24. The van der Waals surface area contributed by atoms with Crippen molar-refractivity contribution in [2.75, 3.05) is 19.4 Å². The number of nitrogens with one attached hydrogen (secondary N) is 1. The van der Waals surface area contributed by atoms with Gasteiger partial charge in [-0.3, -0.25) is 19.5 Å². The van der Waals surface area contributed by atoms with Crippen LogP contribution in [0.5, 0.6) is 0 Å². The lowest BCUT2D eigenvalue weighted by Crippen LogP contribution is -2.30. The Bertz CT molecular complexity index is 503. The Morgan fingerprint density at radius 1 is 0.594 bits per heavy atom. The Labute approximate surface area is 197 Å². The number of carbonyl (C=O) groups is 2. The molecule has 0 atom stereocenters. The highest BCUT2D eigenvalue weighted by Gasteiger charge is 2.24. The van der Waals surface area contributed by atoms with Gasteiger partial charge >= 0.3 is 7.60 Å². The molecule has 7 heteroatoms. The van der Waals surface area contributed by atoms with Gasteiger partial charge in [-0.25, -0.2) is 0 Å². The smallest absolute Gasteiger partial charge is 0.309 e. The summed E-state index contributed by atoms with van der Waals surface area (Å²) in [6, 6.07) is 0. The first-order valence-electron chi connectivity index (χ1n) is 13.2. The predicted molar refractivity (Wildman–Crippen MR) is 133 cm³/mol. The van der Waals surface area contributed by atoms with E-state index in [4.69, 9.17) is 9.05 Å². The van der Waals surface area contributed by atoms with Crippen molar-refractivity contribution in [1.29, 1.82) is 0 Å². The molecule has 0 bridgehead atoms. The summed E-state index contributed by atoms with van der Waals surface area (Å²) in [5.74, 6) is -0.678. The first-order valence-corrected chi connectivity index (χ1v) is 14.9. The fourth-order valence-corrected chi connectivity index (χ4v) is 5.33. The maximum atomic E-state index is 12.3. The molecule has 6 nitrogen and oxygen atoms in total. The molecule has 0 spiro atoms. The minimum absolute atomic E-state index is 0.00719. The van der Waals surface area contributed by atoms with Gasteiger partial charge in [-0.05, 0) is 20.3 Å². The number of rotatable bonds is 23. The second-order valence-corrected chi connectivity index (χ2v) is 10.8. The topological polar surface area (TPSA) is 81.7 Å². The summed E-state index contributed by atoms with van der Waals surface area (Å²) >= 11 is 0. The monoisotopic (exact) mass is 475 g/mol. The molecular weight excluding hydrogens is 425 g/mol. The predicted octanol–water partition coefficient (Wildman–Crippen LogP) is 7.55. The van der Waals surface area contributed by atoms with Crippen LogP contribution >= 0.6 is 7.60 Å². The van der Waals surface area contributed by atoms with E-state index in [-0.39, 0.29) is 31.7 Å². The summed E-state index contributed by atoms with van der Waals surface area (Å²) in [6.07, 6.45) is 19.5. The van der Waals surface area contributed by atoms with Gasteiger partial charge in [-0.1, -0.05) is 96.8 Å². The van der Waals surface area contributed by atoms with E-state index < -0.39 is 13.5 Å². The second kappa shape index (κ2) is 22.1. The van der Waals surface area contributed by atoms with E-state index in [1.54, 1.807) is 13.8 Å². The van der Waals surface area contributed by atoms with E-state index in [9.17, 15) is 14.2 Å². The zero-order valence-corrected chi connectivity index (χ0v) is 22.0. The van der Waals surface area contributed by atoms with Crippen LogP contribution in [0.3, 0.4) is 0 Å². The first-order chi connectivity index (χ1) is 15.5. The first kappa shape index (κ1) is 31.3. The molecule has 0 aliphatic heterocycles. The summed E-state index contributed by atoms with van der Waals surface area (Å²) in [5.41, 5.74) is 0. The lowest BCUT2D eigenvalue weighted by atomic mass is 10.0. The third-order valence-corrected chi connectivity index (χ3v) is 7.63. The second-order valence-electron chi connectivity index (χ2n) is 8.59. The Morgan fingerprint density at radius 2 is 0.969 bits per heavy atom. The lowest BCUT2D eigenvalue weighted by Gasteiger charge is -2.16. The summed E-state index contributed by atoms with van der Waals surface area (Å²) < 4.78 is 22.6. The number of imide groups is 1. The molecule has 0 aromatic heterocycles. The van der Waals surface area contributed by atoms with Crippen LogP contribution in [0.4, 0.5) is 0 Å². The molecule has 0 aliphatic rings. The van der Waals surface area contributed by atoms with E-state index in [1.807, 2.05) is 0 Å². The molecule has 0 unspecified atom stereocenters. The van der Waals surface area contributed by atoms with Crippen LogP contribution in [0, 0.1) is 0 Å². The third kappa shape index (κ3) is 19.9. The van der Waals surface area contributed by atoms with Gasteiger partial charge in [0.15, 0.2) is 0 Å². The normalized spacial score (nSPS) is 11.6. The van der Waals surface area contributed by atoms with Crippen LogP contribution in [0.25, 0.3) is 0 Å². The van der Waals surface area contributed by atoms with Crippen molar-refractivity contribution in [3.05, 3.63) is 0 Å². The van der Waals surface area contributed by atoms with Gasteiger partial charge in [0.1, 0.15) is 0 Å². The van der Waals surface area contributed by atoms with E-state index >= 15 is 0 Å². The Balaban J connectivity index is 3.54. The highest BCUT2D eigenvalue weighted by Crippen LogP contribution is 2.48. The molecule has 0 saturated carbocycles. The van der Waals surface area contributed by atoms with E-state index in [0.29, 0.717) is 6.42 Å². The maximum Gasteiger partial charge on any atom is 0.331 e. The maximum absolute atomic E-state index is 12.3. The highest BCUT2D eigenvalue weighted by atomic mass is 31.2. The van der Waals surface area contributed by atoms with Crippen LogP contribution in [-0.2, 0) is 23.2 Å². The average molecular weight is 476 g/mol. The number of carbonyl (C=O) groups excluding carboxylic acids is 2. The molecule has 190 valence electrons.